The molecule has 202 valence electrons. The van der Waals surface area contributed by atoms with E-state index < -0.39 is 6.04 Å². The van der Waals surface area contributed by atoms with Crippen molar-refractivity contribution in [1.29, 1.82) is 0 Å². The van der Waals surface area contributed by atoms with Gasteiger partial charge in [0.1, 0.15) is 6.04 Å². The lowest BCUT2D eigenvalue weighted by molar-refractivity contribution is -0.141. The first kappa shape index (κ1) is 29.7. The van der Waals surface area contributed by atoms with Crippen LogP contribution in [-0.2, 0) is 29.0 Å². The quantitative estimate of drug-likeness (QED) is 0.251. The third-order valence-corrected chi connectivity index (χ3v) is 7.62. The van der Waals surface area contributed by atoms with Crippen molar-refractivity contribution in [3.8, 4) is 0 Å². The van der Waals surface area contributed by atoms with Gasteiger partial charge in [0.25, 0.3) is 0 Å². The second-order valence-corrected chi connectivity index (χ2v) is 11.0. The van der Waals surface area contributed by atoms with Gasteiger partial charge in [0.05, 0.1) is 10.0 Å². The second kappa shape index (κ2) is 14.4. The minimum atomic E-state index is -0.670. The van der Waals surface area contributed by atoms with Crippen molar-refractivity contribution in [1.82, 2.24) is 10.2 Å². The van der Waals surface area contributed by atoms with Crippen LogP contribution in [0.1, 0.15) is 68.7 Å². The molecule has 2 amide bonds. The number of nitrogens with zero attached hydrogens (tertiary/aromatic N) is 1. The van der Waals surface area contributed by atoms with E-state index in [1.807, 2.05) is 50.2 Å². The van der Waals surface area contributed by atoms with Crippen LogP contribution in [-0.4, -0.2) is 28.8 Å². The summed E-state index contributed by atoms with van der Waals surface area (Å²) in [7, 11) is 0. The highest BCUT2D eigenvalue weighted by Gasteiger charge is 2.31. The average Bonchev–Trinajstić information content (AvgIpc) is 2.91. The van der Waals surface area contributed by atoms with E-state index in [1.165, 1.54) is 5.56 Å². The smallest absolute Gasteiger partial charge is 0.243 e. The summed E-state index contributed by atoms with van der Waals surface area (Å²) in [6.07, 6.45) is 2.11. The van der Waals surface area contributed by atoms with Crippen LogP contribution in [0.2, 0.25) is 10.0 Å². The van der Waals surface area contributed by atoms with Crippen LogP contribution in [0, 0.1) is 0 Å². The predicted molar refractivity (Wildman–Crippen MR) is 158 cm³/mol. The van der Waals surface area contributed by atoms with Crippen LogP contribution in [0.3, 0.4) is 0 Å². The highest BCUT2D eigenvalue weighted by molar-refractivity contribution is 6.42. The van der Waals surface area contributed by atoms with Crippen molar-refractivity contribution < 1.29 is 9.59 Å². The summed E-state index contributed by atoms with van der Waals surface area (Å²) in [5, 5.41) is 3.98. The summed E-state index contributed by atoms with van der Waals surface area (Å²) in [4.78, 5) is 29.1. The molecule has 0 aromatic heterocycles. The number of amides is 2. The van der Waals surface area contributed by atoms with Crippen LogP contribution >= 0.6 is 23.2 Å². The van der Waals surface area contributed by atoms with Gasteiger partial charge >= 0.3 is 0 Å². The van der Waals surface area contributed by atoms with E-state index in [0.29, 0.717) is 35.2 Å². The molecule has 2 atom stereocenters. The summed E-state index contributed by atoms with van der Waals surface area (Å²) in [5.41, 5.74) is 4.18. The maximum absolute atomic E-state index is 13.8. The molecule has 0 spiro atoms. The SMILES string of the molecule is CCC(C)NC(=O)C(Cc1ccccc1)N(Cc1ccc(Cl)c(Cl)c1)C(=O)CCc1ccc(C(C)C)cc1. The Labute approximate surface area is 237 Å². The van der Waals surface area contributed by atoms with E-state index in [2.05, 4.69) is 43.4 Å². The van der Waals surface area contributed by atoms with Gasteiger partial charge in [-0.25, -0.2) is 0 Å². The van der Waals surface area contributed by atoms with Crippen molar-refractivity contribution in [2.24, 2.45) is 0 Å². The fraction of sp³-hybridized carbons (Fsp3) is 0.375. The summed E-state index contributed by atoms with van der Waals surface area (Å²) < 4.78 is 0. The van der Waals surface area contributed by atoms with Gasteiger partial charge in [-0.05, 0) is 60.1 Å². The Bertz CT molecular complexity index is 1200. The first-order valence-electron chi connectivity index (χ1n) is 13.3. The van der Waals surface area contributed by atoms with Crippen LogP contribution in [0.25, 0.3) is 0 Å². The zero-order chi connectivity index (χ0) is 27.7. The van der Waals surface area contributed by atoms with Crippen molar-refractivity contribution in [3.05, 3.63) is 105 Å². The molecule has 0 heterocycles. The zero-order valence-electron chi connectivity index (χ0n) is 22.7. The maximum Gasteiger partial charge on any atom is 0.243 e. The lowest BCUT2D eigenvalue weighted by Crippen LogP contribution is -2.52. The fourth-order valence-corrected chi connectivity index (χ4v) is 4.61. The van der Waals surface area contributed by atoms with Crippen LogP contribution in [0.5, 0.6) is 0 Å². The summed E-state index contributed by atoms with van der Waals surface area (Å²) in [5.74, 6) is 0.220. The maximum atomic E-state index is 13.8. The van der Waals surface area contributed by atoms with Crippen molar-refractivity contribution >= 4 is 35.0 Å². The molecule has 0 fully saturated rings. The van der Waals surface area contributed by atoms with E-state index in [9.17, 15) is 9.59 Å². The molecule has 1 N–H and O–H groups in total. The third-order valence-electron chi connectivity index (χ3n) is 6.88. The standard InChI is InChI=1S/C32H38Cl2N2O2/c1-5-23(4)35-32(38)30(20-25-9-7-6-8-10-25)36(21-26-13-17-28(33)29(34)19-26)31(37)18-14-24-11-15-27(16-12-24)22(2)3/h6-13,15-17,19,22-23,30H,5,14,18,20-21H2,1-4H3,(H,35,38). The minimum Gasteiger partial charge on any atom is -0.352 e. The van der Waals surface area contributed by atoms with E-state index in [-0.39, 0.29) is 24.4 Å². The van der Waals surface area contributed by atoms with Gasteiger partial charge in [0.15, 0.2) is 0 Å². The van der Waals surface area contributed by atoms with Gasteiger partial charge < -0.3 is 10.2 Å². The molecule has 3 aromatic rings. The molecule has 0 radical (unpaired) electrons. The number of carbonyl (C=O) groups is 2. The molecular weight excluding hydrogens is 515 g/mol. The van der Waals surface area contributed by atoms with E-state index in [1.54, 1.807) is 17.0 Å². The monoisotopic (exact) mass is 552 g/mol. The molecule has 6 heteroatoms. The van der Waals surface area contributed by atoms with Gasteiger partial charge in [-0.2, -0.15) is 0 Å². The molecule has 2 unspecified atom stereocenters. The Hall–Kier alpha value is -2.82. The van der Waals surface area contributed by atoms with Gasteiger partial charge in [-0.15, -0.1) is 0 Å². The van der Waals surface area contributed by atoms with Crippen molar-refractivity contribution in [2.75, 3.05) is 0 Å². The number of hydrogen-bond donors (Lipinski definition) is 1. The lowest BCUT2D eigenvalue weighted by atomic mass is 9.99. The van der Waals surface area contributed by atoms with Crippen molar-refractivity contribution in [2.45, 2.75) is 77.9 Å². The number of hydrogen-bond acceptors (Lipinski definition) is 2. The van der Waals surface area contributed by atoms with Crippen LogP contribution in [0.4, 0.5) is 0 Å². The zero-order valence-corrected chi connectivity index (χ0v) is 24.2. The molecule has 3 rings (SSSR count). The largest absolute Gasteiger partial charge is 0.352 e. The first-order valence-corrected chi connectivity index (χ1v) is 14.1. The average molecular weight is 554 g/mol. The third kappa shape index (κ3) is 8.61. The normalized spacial score (nSPS) is 12.7. The Morgan fingerprint density at radius 1 is 0.842 bits per heavy atom. The van der Waals surface area contributed by atoms with Crippen molar-refractivity contribution in [3.63, 3.8) is 0 Å². The number of aryl methyl sites for hydroxylation is 1. The van der Waals surface area contributed by atoms with E-state index >= 15 is 0 Å². The molecule has 0 aliphatic carbocycles. The van der Waals surface area contributed by atoms with E-state index in [0.717, 1.165) is 23.1 Å². The number of benzene rings is 3. The summed E-state index contributed by atoms with van der Waals surface area (Å²) in [6, 6.07) is 22.9. The highest BCUT2D eigenvalue weighted by Crippen LogP contribution is 2.25. The molecule has 0 aliphatic heterocycles. The molecule has 0 bridgehead atoms. The first-order chi connectivity index (χ1) is 18.2. The number of halogens is 2. The Morgan fingerprint density at radius 2 is 1.50 bits per heavy atom. The fourth-order valence-electron chi connectivity index (χ4n) is 4.29. The van der Waals surface area contributed by atoms with Crippen LogP contribution < -0.4 is 5.32 Å². The van der Waals surface area contributed by atoms with Crippen LogP contribution in [0.15, 0.2) is 72.8 Å². The molecule has 0 aliphatic rings. The Kier molecular flexibility index (Phi) is 11.2. The second-order valence-electron chi connectivity index (χ2n) is 10.2. The molecule has 38 heavy (non-hydrogen) atoms. The lowest BCUT2D eigenvalue weighted by Gasteiger charge is -2.32. The molecule has 4 nitrogen and oxygen atoms in total. The van der Waals surface area contributed by atoms with Gasteiger partial charge in [-0.3, -0.25) is 9.59 Å². The number of nitrogens with one attached hydrogen (secondary N) is 1. The van der Waals surface area contributed by atoms with E-state index in [4.69, 9.17) is 23.2 Å². The topological polar surface area (TPSA) is 49.4 Å². The minimum absolute atomic E-state index is 0.00201. The molecular formula is C32H38Cl2N2O2. The number of carbonyl (C=O) groups excluding carboxylic acids is 2. The summed E-state index contributed by atoms with van der Waals surface area (Å²) >= 11 is 12.4. The highest BCUT2D eigenvalue weighted by atomic mass is 35.5. The Balaban J connectivity index is 1.91. The predicted octanol–water partition coefficient (Wildman–Crippen LogP) is 7.60. The summed E-state index contributed by atoms with van der Waals surface area (Å²) in [6.45, 7) is 8.59. The molecule has 0 saturated carbocycles. The Morgan fingerprint density at radius 3 is 2.11 bits per heavy atom. The van der Waals surface area contributed by atoms with Gasteiger partial charge in [-0.1, -0.05) is 105 Å². The molecule has 3 aromatic carbocycles. The number of rotatable bonds is 12. The van der Waals surface area contributed by atoms with Gasteiger partial charge in [0, 0.05) is 25.4 Å². The molecule has 0 saturated heterocycles. The van der Waals surface area contributed by atoms with Gasteiger partial charge in [0.2, 0.25) is 11.8 Å².